The number of nitrogens with one attached hydrogen (secondary N) is 1. The van der Waals surface area contributed by atoms with E-state index in [1.807, 2.05) is 13.8 Å². The molecule has 1 N–H and O–H groups in total. The Morgan fingerprint density at radius 2 is 2.00 bits per heavy atom. The maximum atomic E-state index is 12.8. The summed E-state index contributed by atoms with van der Waals surface area (Å²) < 4.78 is 38.3. The summed E-state index contributed by atoms with van der Waals surface area (Å²) in [5.74, 6) is 0. The Balaban J connectivity index is 2.45. The minimum Gasteiger partial charge on any atom is -0.306 e. The molecular weight excluding hydrogens is 297 g/mol. The third kappa shape index (κ3) is 3.44. The molecule has 0 radical (unpaired) electrons. The molecule has 0 bridgehead atoms. The van der Waals surface area contributed by atoms with Crippen LogP contribution in [-0.2, 0) is 6.18 Å². The number of rotatable bonds is 4. The van der Waals surface area contributed by atoms with Crippen molar-refractivity contribution in [3.05, 3.63) is 51.0 Å². The minimum atomic E-state index is -4.31. The van der Waals surface area contributed by atoms with E-state index < -0.39 is 11.7 Å². The molecule has 0 fully saturated rings. The van der Waals surface area contributed by atoms with Crippen LogP contribution < -0.4 is 5.32 Å². The standard InChI is InChI=1S/C15H17F3N2S/c1-4-19-13(14-10(3)20-8-21-14)12-6-5-11(7-9(12)2)15(16,17)18/h5-8,13,19H,4H2,1-3H3. The Bertz CT molecular complexity index is 620. The highest BCUT2D eigenvalue weighted by atomic mass is 32.1. The fourth-order valence-corrected chi connectivity index (χ4v) is 3.21. The van der Waals surface area contributed by atoms with E-state index in [0.717, 1.165) is 28.7 Å². The summed E-state index contributed by atoms with van der Waals surface area (Å²) in [6.07, 6.45) is -4.31. The zero-order chi connectivity index (χ0) is 15.6. The van der Waals surface area contributed by atoms with E-state index >= 15 is 0 Å². The SMILES string of the molecule is CCNC(c1ccc(C(F)(F)F)cc1C)c1scnc1C. The van der Waals surface area contributed by atoms with Gasteiger partial charge in [-0.2, -0.15) is 13.2 Å². The number of hydrogen-bond donors (Lipinski definition) is 1. The molecular formula is C15H17F3N2S. The van der Waals surface area contributed by atoms with Crippen molar-refractivity contribution in [3.8, 4) is 0 Å². The number of alkyl halides is 3. The van der Waals surface area contributed by atoms with Gasteiger partial charge in [0.1, 0.15) is 0 Å². The Hall–Kier alpha value is -1.40. The zero-order valence-corrected chi connectivity index (χ0v) is 12.9. The third-order valence-electron chi connectivity index (χ3n) is 3.36. The van der Waals surface area contributed by atoms with Crippen LogP contribution in [0.4, 0.5) is 13.2 Å². The number of thiazole rings is 1. The quantitative estimate of drug-likeness (QED) is 0.900. The summed E-state index contributed by atoms with van der Waals surface area (Å²) in [6, 6.07) is 3.79. The summed E-state index contributed by atoms with van der Waals surface area (Å²) >= 11 is 1.52. The lowest BCUT2D eigenvalue weighted by Gasteiger charge is -2.21. The number of aromatic nitrogens is 1. The average molecular weight is 314 g/mol. The third-order valence-corrected chi connectivity index (χ3v) is 4.36. The fourth-order valence-electron chi connectivity index (χ4n) is 2.31. The highest BCUT2D eigenvalue weighted by Gasteiger charge is 2.31. The number of hydrogen-bond acceptors (Lipinski definition) is 3. The van der Waals surface area contributed by atoms with Gasteiger partial charge < -0.3 is 5.32 Å². The molecule has 21 heavy (non-hydrogen) atoms. The van der Waals surface area contributed by atoms with Crippen LogP contribution in [0.25, 0.3) is 0 Å². The first-order chi connectivity index (χ1) is 9.84. The number of nitrogens with zero attached hydrogens (tertiary/aromatic N) is 1. The lowest BCUT2D eigenvalue weighted by Crippen LogP contribution is -2.23. The molecule has 0 saturated carbocycles. The average Bonchev–Trinajstić information content (AvgIpc) is 2.81. The second kappa shape index (κ2) is 6.15. The number of halogens is 3. The topological polar surface area (TPSA) is 24.9 Å². The first-order valence-electron chi connectivity index (χ1n) is 6.65. The van der Waals surface area contributed by atoms with Crippen molar-refractivity contribution in [2.75, 3.05) is 6.54 Å². The Labute approximate surface area is 126 Å². The smallest absolute Gasteiger partial charge is 0.306 e. The Kier molecular flexibility index (Phi) is 4.68. The summed E-state index contributed by atoms with van der Waals surface area (Å²) in [5.41, 5.74) is 3.54. The first kappa shape index (κ1) is 16.0. The van der Waals surface area contributed by atoms with Crippen molar-refractivity contribution in [1.29, 1.82) is 0 Å². The summed E-state index contributed by atoms with van der Waals surface area (Å²) in [7, 11) is 0. The fraction of sp³-hybridized carbons (Fsp3) is 0.400. The van der Waals surface area contributed by atoms with Crippen molar-refractivity contribution < 1.29 is 13.2 Å². The lowest BCUT2D eigenvalue weighted by atomic mass is 9.97. The van der Waals surface area contributed by atoms with Gasteiger partial charge in [0.05, 0.1) is 22.8 Å². The molecule has 2 rings (SSSR count). The minimum absolute atomic E-state index is 0.121. The van der Waals surface area contributed by atoms with E-state index in [4.69, 9.17) is 0 Å². The molecule has 2 nitrogen and oxygen atoms in total. The van der Waals surface area contributed by atoms with Crippen LogP contribution >= 0.6 is 11.3 Å². The molecule has 1 unspecified atom stereocenters. The van der Waals surface area contributed by atoms with Gasteiger partial charge >= 0.3 is 6.18 Å². The van der Waals surface area contributed by atoms with Gasteiger partial charge in [0, 0.05) is 4.88 Å². The molecule has 1 aromatic carbocycles. The molecule has 0 saturated heterocycles. The van der Waals surface area contributed by atoms with Crippen LogP contribution in [0.15, 0.2) is 23.7 Å². The highest BCUT2D eigenvalue weighted by molar-refractivity contribution is 7.09. The largest absolute Gasteiger partial charge is 0.416 e. The van der Waals surface area contributed by atoms with Crippen molar-refractivity contribution in [2.45, 2.75) is 33.0 Å². The van der Waals surface area contributed by atoms with Crippen molar-refractivity contribution in [3.63, 3.8) is 0 Å². The molecule has 2 aromatic rings. The molecule has 0 spiro atoms. The van der Waals surface area contributed by atoms with Crippen LogP contribution in [-0.4, -0.2) is 11.5 Å². The van der Waals surface area contributed by atoms with E-state index in [-0.39, 0.29) is 6.04 Å². The summed E-state index contributed by atoms with van der Waals surface area (Å²) in [4.78, 5) is 5.27. The van der Waals surface area contributed by atoms with Gasteiger partial charge in [0.2, 0.25) is 0 Å². The molecule has 1 heterocycles. The molecule has 0 aliphatic carbocycles. The molecule has 0 amide bonds. The van der Waals surface area contributed by atoms with Crippen LogP contribution in [0.3, 0.4) is 0 Å². The van der Waals surface area contributed by atoms with Crippen LogP contribution in [0.1, 0.15) is 40.2 Å². The first-order valence-corrected chi connectivity index (χ1v) is 7.53. The van der Waals surface area contributed by atoms with Gasteiger partial charge in [-0.05, 0) is 43.7 Å². The maximum absolute atomic E-state index is 12.8. The Morgan fingerprint density at radius 1 is 1.29 bits per heavy atom. The summed E-state index contributed by atoms with van der Waals surface area (Å²) in [6.45, 7) is 6.33. The number of benzene rings is 1. The van der Waals surface area contributed by atoms with Gasteiger partial charge in [-0.15, -0.1) is 11.3 Å². The van der Waals surface area contributed by atoms with Crippen molar-refractivity contribution in [2.24, 2.45) is 0 Å². The van der Waals surface area contributed by atoms with E-state index in [9.17, 15) is 13.2 Å². The monoisotopic (exact) mass is 314 g/mol. The zero-order valence-electron chi connectivity index (χ0n) is 12.1. The maximum Gasteiger partial charge on any atom is 0.416 e. The second-order valence-electron chi connectivity index (χ2n) is 4.86. The van der Waals surface area contributed by atoms with Gasteiger partial charge in [0.15, 0.2) is 0 Å². The normalized spacial score (nSPS) is 13.4. The van der Waals surface area contributed by atoms with Gasteiger partial charge in [-0.3, -0.25) is 0 Å². The molecule has 1 aromatic heterocycles. The van der Waals surface area contributed by atoms with E-state index in [2.05, 4.69) is 10.3 Å². The van der Waals surface area contributed by atoms with Crippen LogP contribution in [0.5, 0.6) is 0 Å². The Morgan fingerprint density at radius 3 is 2.48 bits per heavy atom. The van der Waals surface area contributed by atoms with E-state index in [1.54, 1.807) is 18.5 Å². The van der Waals surface area contributed by atoms with Crippen molar-refractivity contribution in [1.82, 2.24) is 10.3 Å². The molecule has 0 aliphatic rings. The van der Waals surface area contributed by atoms with Crippen molar-refractivity contribution >= 4 is 11.3 Å². The van der Waals surface area contributed by atoms with E-state index in [1.165, 1.54) is 17.4 Å². The molecule has 0 aliphatic heterocycles. The summed E-state index contributed by atoms with van der Waals surface area (Å²) in [5, 5.41) is 3.33. The molecule has 114 valence electrons. The number of aryl methyl sites for hydroxylation is 2. The lowest BCUT2D eigenvalue weighted by molar-refractivity contribution is -0.137. The second-order valence-corrected chi connectivity index (χ2v) is 5.75. The molecule has 6 heteroatoms. The predicted molar refractivity (Wildman–Crippen MR) is 78.6 cm³/mol. The van der Waals surface area contributed by atoms with Crippen LogP contribution in [0, 0.1) is 13.8 Å². The van der Waals surface area contributed by atoms with Gasteiger partial charge in [0.25, 0.3) is 0 Å². The molecule has 1 atom stereocenters. The van der Waals surface area contributed by atoms with Gasteiger partial charge in [-0.1, -0.05) is 13.0 Å². The van der Waals surface area contributed by atoms with Crippen LogP contribution in [0.2, 0.25) is 0 Å². The van der Waals surface area contributed by atoms with E-state index in [0.29, 0.717) is 5.56 Å². The van der Waals surface area contributed by atoms with Gasteiger partial charge in [-0.25, -0.2) is 4.98 Å². The predicted octanol–water partition coefficient (Wildman–Crippen LogP) is 4.48. The highest BCUT2D eigenvalue weighted by Crippen LogP contribution is 2.34.